The molecule has 1 aromatic heterocycles. The van der Waals surface area contributed by atoms with Crippen LogP contribution >= 0.6 is 0 Å². The summed E-state index contributed by atoms with van der Waals surface area (Å²) >= 11 is 0. The maximum Gasteiger partial charge on any atom is 0.183 e. The molecule has 5 unspecified atom stereocenters. The van der Waals surface area contributed by atoms with Crippen LogP contribution < -0.4 is 5.32 Å². The fourth-order valence-electron chi connectivity index (χ4n) is 4.05. The number of aryl methyl sites for hydroxylation is 1. The Morgan fingerprint density at radius 2 is 2.23 bits per heavy atom. The average Bonchev–Trinajstić information content (AvgIpc) is 3.22. The van der Waals surface area contributed by atoms with Crippen LogP contribution in [0.15, 0.2) is 12.4 Å². The number of aromatic nitrogens is 2. The molecular formula is C16H25N3O3. The van der Waals surface area contributed by atoms with Crippen molar-refractivity contribution in [2.45, 2.75) is 63.2 Å². The van der Waals surface area contributed by atoms with Crippen LogP contribution in [-0.2, 0) is 9.47 Å². The minimum Gasteiger partial charge on any atom is -0.389 e. The Balaban J connectivity index is 1.48. The lowest BCUT2D eigenvalue weighted by atomic mass is 9.95. The smallest absolute Gasteiger partial charge is 0.183 e. The molecule has 4 rings (SSSR count). The lowest BCUT2D eigenvalue weighted by Crippen LogP contribution is -2.58. The van der Waals surface area contributed by atoms with E-state index in [1.54, 1.807) is 10.9 Å². The van der Waals surface area contributed by atoms with Crippen LogP contribution in [0.4, 0.5) is 0 Å². The first-order valence-corrected chi connectivity index (χ1v) is 8.41. The Morgan fingerprint density at radius 3 is 2.95 bits per heavy atom. The van der Waals surface area contributed by atoms with Crippen molar-refractivity contribution in [2.75, 3.05) is 13.2 Å². The van der Waals surface area contributed by atoms with Gasteiger partial charge < -0.3 is 19.9 Å². The SMILES string of the molecule is Cc1cnn(C2C3OCC(O3)C(NCC3CCCC3)C2O)c1. The second-order valence-corrected chi connectivity index (χ2v) is 6.94. The molecule has 6 nitrogen and oxygen atoms in total. The lowest BCUT2D eigenvalue weighted by molar-refractivity contribution is -0.168. The number of nitrogens with one attached hydrogen (secondary N) is 1. The van der Waals surface area contributed by atoms with E-state index in [1.165, 1.54) is 25.7 Å². The number of hydrogen-bond acceptors (Lipinski definition) is 5. The molecular weight excluding hydrogens is 282 g/mol. The fourth-order valence-corrected chi connectivity index (χ4v) is 4.05. The summed E-state index contributed by atoms with van der Waals surface area (Å²) in [5.41, 5.74) is 1.07. The van der Waals surface area contributed by atoms with Gasteiger partial charge in [-0.15, -0.1) is 0 Å². The first kappa shape index (κ1) is 14.6. The van der Waals surface area contributed by atoms with Gasteiger partial charge in [0, 0.05) is 6.20 Å². The predicted molar refractivity (Wildman–Crippen MR) is 80.4 cm³/mol. The Bertz CT molecular complexity index is 514. The van der Waals surface area contributed by atoms with E-state index in [-0.39, 0.29) is 18.2 Å². The van der Waals surface area contributed by atoms with Crippen LogP contribution in [0.5, 0.6) is 0 Å². The van der Waals surface area contributed by atoms with Crippen molar-refractivity contribution in [1.82, 2.24) is 15.1 Å². The number of rotatable bonds is 4. The van der Waals surface area contributed by atoms with Crippen molar-refractivity contribution in [3.05, 3.63) is 18.0 Å². The normalized spacial score (nSPS) is 38.7. The van der Waals surface area contributed by atoms with Crippen molar-refractivity contribution in [3.63, 3.8) is 0 Å². The molecule has 1 saturated carbocycles. The van der Waals surface area contributed by atoms with E-state index in [9.17, 15) is 5.11 Å². The molecule has 2 saturated heterocycles. The second kappa shape index (κ2) is 5.92. The van der Waals surface area contributed by atoms with Crippen LogP contribution in [0, 0.1) is 12.8 Å². The largest absolute Gasteiger partial charge is 0.389 e. The molecule has 3 heterocycles. The number of aliphatic hydroxyl groups is 1. The number of ether oxygens (including phenoxy) is 2. The monoisotopic (exact) mass is 307 g/mol. The second-order valence-electron chi connectivity index (χ2n) is 6.94. The molecule has 5 atom stereocenters. The van der Waals surface area contributed by atoms with Crippen molar-refractivity contribution >= 4 is 0 Å². The molecule has 1 aliphatic carbocycles. The molecule has 0 aromatic carbocycles. The molecule has 22 heavy (non-hydrogen) atoms. The summed E-state index contributed by atoms with van der Waals surface area (Å²) in [5.74, 6) is 0.734. The van der Waals surface area contributed by atoms with Gasteiger partial charge in [0.25, 0.3) is 0 Å². The van der Waals surface area contributed by atoms with Gasteiger partial charge in [0.1, 0.15) is 12.1 Å². The highest BCUT2D eigenvalue weighted by Crippen LogP contribution is 2.36. The van der Waals surface area contributed by atoms with E-state index in [0.29, 0.717) is 6.61 Å². The highest BCUT2D eigenvalue weighted by atomic mass is 16.7. The van der Waals surface area contributed by atoms with Gasteiger partial charge in [-0.3, -0.25) is 4.68 Å². The molecule has 2 bridgehead atoms. The van der Waals surface area contributed by atoms with Crippen molar-refractivity contribution in [3.8, 4) is 0 Å². The maximum absolute atomic E-state index is 10.9. The van der Waals surface area contributed by atoms with E-state index in [2.05, 4.69) is 10.4 Å². The van der Waals surface area contributed by atoms with E-state index in [1.807, 2.05) is 13.1 Å². The van der Waals surface area contributed by atoms with Gasteiger partial charge in [0.15, 0.2) is 6.29 Å². The minimum absolute atomic E-state index is 0.0608. The number of fused-ring (bicyclic) bond motifs is 2. The summed E-state index contributed by atoms with van der Waals surface area (Å²) in [5, 5.41) is 18.8. The molecule has 0 radical (unpaired) electrons. The fraction of sp³-hybridized carbons (Fsp3) is 0.812. The Hall–Kier alpha value is -0.950. The Labute approximate surface area is 130 Å². The molecule has 122 valence electrons. The zero-order valence-electron chi connectivity index (χ0n) is 13.0. The lowest BCUT2D eigenvalue weighted by Gasteiger charge is -2.39. The summed E-state index contributed by atoms with van der Waals surface area (Å²) < 4.78 is 13.5. The zero-order valence-corrected chi connectivity index (χ0v) is 13.0. The molecule has 2 aliphatic heterocycles. The molecule has 1 aromatic rings. The van der Waals surface area contributed by atoms with Gasteiger partial charge in [0.2, 0.25) is 0 Å². The van der Waals surface area contributed by atoms with Crippen molar-refractivity contribution < 1.29 is 14.6 Å². The first-order chi connectivity index (χ1) is 10.7. The van der Waals surface area contributed by atoms with Crippen LogP contribution in [0.3, 0.4) is 0 Å². The van der Waals surface area contributed by atoms with Crippen LogP contribution in [0.2, 0.25) is 0 Å². The highest BCUT2D eigenvalue weighted by molar-refractivity contribution is 5.05. The van der Waals surface area contributed by atoms with E-state index in [4.69, 9.17) is 9.47 Å². The standard InChI is InChI=1S/C16H25N3O3/c1-10-6-18-19(8-10)14-15(20)13(12-9-21-16(14)22-12)17-7-11-4-2-3-5-11/h6,8,11-17,20H,2-5,7,9H2,1H3. The van der Waals surface area contributed by atoms with Gasteiger partial charge in [-0.25, -0.2) is 0 Å². The van der Waals surface area contributed by atoms with Gasteiger partial charge >= 0.3 is 0 Å². The quantitative estimate of drug-likeness (QED) is 0.868. The minimum atomic E-state index is -0.549. The van der Waals surface area contributed by atoms with E-state index >= 15 is 0 Å². The van der Waals surface area contributed by atoms with Gasteiger partial charge in [-0.2, -0.15) is 5.10 Å². The summed E-state index contributed by atoms with van der Waals surface area (Å²) in [4.78, 5) is 0. The third-order valence-electron chi connectivity index (χ3n) is 5.28. The Morgan fingerprint density at radius 1 is 1.41 bits per heavy atom. The molecule has 3 aliphatic rings. The molecule has 3 fully saturated rings. The summed E-state index contributed by atoms with van der Waals surface area (Å²) in [7, 11) is 0. The zero-order chi connectivity index (χ0) is 15.1. The van der Waals surface area contributed by atoms with Gasteiger partial charge in [0.05, 0.1) is 24.9 Å². The third kappa shape index (κ3) is 2.58. The highest BCUT2D eigenvalue weighted by Gasteiger charge is 2.51. The number of hydrogen-bond donors (Lipinski definition) is 2. The van der Waals surface area contributed by atoms with Gasteiger partial charge in [-0.05, 0) is 37.8 Å². The average molecular weight is 307 g/mol. The van der Waals surface area contributed by atoms with Gasteiger partial charge in [-0.1, -0.05) is 12.8 Å². The first-order valence-electron chi connectivity index (χ1n) is 8.41. The van der Waals surface area contributed by atoms with Crippen molar-refractivity contribution in [2.24, 2.45) is 5.92 Å². The number of aliphatic hydroxyl groups excluding tert-OH is 1. The maximum atomic E-state index is 10.9. The summed E-state index contributed by atoms with van der Waals surface area (Å²) in [6, 6.07) is -0.373. The molecule has 0 spiro atoms. The van der Waals surface area contributed by atoms with Crippen LogP contribution in [0.1, 0.15) is 37.3 Å². The predicted octanol–water partition coefficient (Wildman–Crippen LogP) is 0.997. The van der Waals surface area contributed by atoms with E-state index < -0.39 is 12.4 Å². The molecule has 0 amide bonds. The summed E-state index contributed by atoms with van der Waals surface area (Å²) in [6.45, 7) is 3.49. The van der Waals surface area contributed by atoms with Crippen molar-refractivity contribution in [1.29, 1.82) is 0 Å². The topological polar surface area (TPSA) is 68.5 Å². The molecule has 6 heteroatoms. The van der Waals surface area contributed by atoms with Crippen LogP contribution in [0.25, 0.3) is 0 Å². The summed E-state index contributed by atoms with van der Waals surface area (Å²) in [6.07, 6.45) is 7.98. The van der Waals surface area contributed by atoms with E-state index in [0.717, 1.165) is 18.0 Å². The van der Waals surface area contributed by atoms with Crippen LogP contribution in [-0.4, -0.2) is 52.6 Å². The number of nitrogens with zero attached hydrogens (tertiary/aromatic N) is 2. The Kier molecular flexibility index (Phi) is 3.94. The molecule has 2 N–H and O–H groups in total. The third-order valence-corrected chi connectivity index (χ3v) is 5.28.